The first-order valence-electron chi connectivity index (χ1n) is 13.3. The second-order valence-corrected chi connectivity index (χ2v) is 11.4. The first-order chi connectivity index (χ1) is 17.4. The Balaban J connectivity index is 1.13. The number of rotatable bonds is 6. The molecule has 2 amide bonds. The van der Waals surface area contributed by atoms with E-state index in [1.807, 2.05) is 24.3 Å². The third kappa shape index (κ3) is 4.12. The summed E-state index contributed by atoms with van der Waals surface area (Å²) in [5, 5.41) is 3.29. The predicted molar refractivity (Wildman–Crippen MR) is 136 cm³/mol. The summed E-state index contributed by atoms with van der Waals surface area (Å²) < 4.78 is 11.6. The zero-order valence-corrected chi connectivity index (χ0v) is 21.2. The predicted octanol–water partition coefficient (Wildman–Crippen LogP) is 5.23. The normalized spacial score (nSPS) is 28.4. The SMILES string of the molecule is COc1cccc2c1Oc1ncccc1N(C(=O)CCC(=O)NC(C)C13CC4CC(CC(C4)C1)C3)C2. The number of nitrogens with one attached hydrogen (secondary N) is 1. The number of aromatic nitrogens is 1. The lowest BCUT2D eigenvalue weighted by Gasteiger charge is -2.59. The number of carbonyl (C=O) groups excluding carboxylic acids is 2. The van der Waals surface area contributed by atoms with Crippen molar-refractivity contribution in [2.45, 2.75) is 70.9 Å². The molecule has 1 N–H and O–H groups in total. The molecule has 7 heteroatoms. The fourth-order valence-corrected chi connectivity index (χ4v) is 7.73. The molecule has 5 aliphatic rings. The van der Waals surface area contributed by atoms with Crippen molar-refractivity contribution in [3.05, 3.63) is 42.1 Å². The van der Waals surface area contributed by atoms with Crippen molar-refractivity contribution in [3.63, 3.8) is 0 Å². The van der Waals surface area contributed by atoms with Gasteiger partial charge in [0.25, 0.3) is 0 Å². The molecule has 4 saturated carbocycles. The highest BCUT2D eigenvalue weighted by molar-refractivity contribution is 5.96. The molecule has 7 nitrogen and oxygen atoms in total. The highest BCUT2D eigenvalue weighted by atomic mass is 16.5. The van der Waals surface area contributed by atoms with Crippen LogP contribution in [0.5, 0.6) is 17.4 Å². The third-order valence-corrected chi connectivity index (χ3v) is 9.10. The Hall–Kier alpha value is -3.09. The van der Waals surface area contributed by atoms with Gasteiger partial charge >= 0.3 is 0 Å². The number of amides is 2. The van der Waals surface area contributed by atoms with Crippen molar-refractivity contribution in [2.75, 3.05) is 12.0 Å². The zero-order chi connectivity index (χ0) is 24.9. The van der Waals surface area contributed by atoms with Gasteiger partial charge in [0.2, 0.25) is 17.7 Å². The fourth-order valence-electron chi connectivity index (χ4n) is 7.73. The summed E-state index contributed by atoms with van der Waals surface area (Å²) in [6, 6.07) is 9.40. The van der Waals surface area contributed by atoms with Crippen LogP contribution in [0.15, 0.2) is 36.5 Å². The highest BCUT2D eigenvalue weighted by Crippen LogP contribution is 2.61. The van der Waals surface area contributed by atoms with Crippen LogP contribution in [0, 0.1) is 23.2 Å². The molecule has 2 heterocycles. The monoisotopic (exact) mass is 489 g/mol. The minimum atomic E-state index is -0.124. The topological polar surface area (TPSA) is 80.8 Å². The molecule has 1 unspecified atom stereocenters. The van der Waals surface area contributed by atoms with Crippen molar-refractivity contribution in [2.24, 2.45) is 23.2 Å². The number of carbonyl (C=O) groups is 2. The maximum absolute atomic E-state index is 13.4. The van der Waals surface area contributed by atoms with E-state index in [9.17, 15) is 9.59 Å². The van der Waals surface area contributed by atoms with Crippen LogP contribution in [-0.4, -0.2) is 29.9 Å². The molecule has 36 heavy (non-hydrogen) atoms. The van der Waals surface area contributed by atoms with E-state index in [1.165, 1.54) is 38.5 Å². The van der Waals surface area contributed by atoms with Gasteiger partial charge < -0.3 is 19.7 Å². The number of hydrogen-bond donors (Lipinski definition) is 1. The van der Waals surface area contributed by atoms with E-state index in [2.05, 4.69) is 17.2 Å². The van der Waals surface area contributed by atoms with Crippen LogP contribution in [0.2, 0.25) is 0 Å². The van der Waals surface area contributed by atoms with Crippen LogP contribution in [0.4, 0.5) is 5.69 Å². The number of fused-ring (bicyclic) bond motifs is 2. The van der Waals surface area contributed by atoms with E-state index in [0.29, 0.717) is 29.6 Å². The fraction of sp³-hybridized carbons (Fsp3) is 0.552. The van der Waals surface area contributed by atoms with E-state index >= 15 is 0 Å². The van der Waals surface area contributed by atoms with E-state index in [-0.39, 0.29) is 36.1 Å². The molecule has 1 aliphatic heterocycles. The summed E-state index contributed by atoms with van der Waals surface area (Å²) in [5.41, 5.74) is 1.69. The van der Waals surface area contributed by atoms with Gasteiger partial charge in [-0.2, -0.15) is 0 Å². The van der Waals surface area contributed by atoms with Gasteiger partial charge in [0.05, 0.1) is 13.7 Å². The van der Waals surface area contributed by atoms with Crippen molar-refractivity contribution in [1.29, 1.82) is 0 Å². The van der Waals surface area contributed by atoms with Gasteiger partial charge in [-0.25, -0.2) is 4.98 Å². The Morgan fingerprint density at radius 3 is 2.53 bits per heavy atom. The standard InChI is InChI=1S/C29H35N3O4/c1-18(29-14-19-11-20(15-29)13-21(12-19)16-29)31-25(33)8-9-26(34)32-17-22-5-3-7-24(35-2)27(22)36-28-23(32)6-4-10-30-28/h3-7,10,18-21H,8-9,11-17H2,1-2H3,(H,31,33). The van der Waals surface area contributed by atoms with E-state index in [1.54, 1.807) is 24.3 Å². The Bertz CT molecular complexity index is 1140. The largest absolute Gasteiger partial charge is 0.493 e. The lowest BCUT2D eigenvalue weighted by Crippen LogP contribution is -2.55. The van der Waals surface area contributed by atoms with Gasteiger partial charge in [-0.05, 0) is 86.8 Å². The van der Waals surface area contributed by atoms with Crippen LogP contribution in [0.25, 0.3) is 0 Å². The molecule has 7 rings (SSSR count). The van der Waals surface area contributed by atoms with E-state index < -0.39 is 0 Å². The molecule has 0 radical (unpaired) electrons. The molecule has 1 atom stereocenters. The number of benzene rings is 1. The Kier molecular flexibility index (Phi) is 5.89. The highest BCUT2D eigenvalue weighted by Gasteiger charge is 2.53. The van der Waals surface area contributed by atoms with Gasteiger partial charge in [-0.1, -0.05) is 12.1 Å². The molecule has 4 fully saturated rings. The lowest BCUT2D eigenvalue weighted by atomic mass is 9.48. The molecular weight excluding hydrogens is 454 g/mol. The minimum Gasteiger partial charge on any atom is -0.493 e. The summed E-state index contributed by atoms with van der Waals surface area (Å²) in [6.07, 6.45) is 9.86. The summed E-state index contributed by atoms with van der Waals surface area (Å²) in [6.45, 7) is 2.51. The van der Waals surface area contributed by atoms with Gasteiger partial charge in [0, 0.05) is 30.6 Å². The van der Waals surface area contributed by atoms with Crippen LogP contribution < -0.4 is 19.7 Å². The maximum Gasteiger partial charge on any atom is 0.243 e. The Morgan fingerprint density at radius 2 is 1.83 bits per heavy atom. The second-order valence-electron chi connectivity index (χ2n) is 11.4. The van der Waals surface area contributed by atoms with Gasteiger partial charge in [-0.15, -0.1) is 0 Å². The van der Waals surface area contributed by atoms with Crippen LogP contribution in [0.3, 0.4) is 0 Å². The third-order valence-electron chi connectivity index (χ3n) is 9.10. The number of hydrogen-bond acceptors (Lipinski definition) is 5. The van der Waals surface area contributed by atoms with Crippen LogP contribution in [0.1, 0.15) is 63.9 Å². The van der Waals surface area contributed by atoms with Crippen molar-refractivity contribution >= 4 is 17.5 Å². The number of nitrogens with zero attached hydrogens (tertiary/aromatic N) is 2. The molecule has 0 saturated heterocycles. The second kappa shape index (κ2) is 9.09. The molecule has 2 aromatic rings. The quantitative estimate of drug-likeness (QED) is 0.601. The molecular formula is C29H35N3O4. The molecule has 190 valence electrons. The average Bonchev–Trinajstić information content (AvgIpc) is 3.03. The number of para-hydroxylation sites is 1. The molecule has 0 spiro atoms. The molecule has 1 aromatic carbocycles. The van der Waals surface area contributed by atoms with Crippen molar-refractivity contribution in [3.8, 4) is 17.4 Å². The first-order valence-corrected chi connectivity index (χ1v) is 13.3. The summed E-state index contributed by atoms with van der Waals surface area (Å²) in [5.74, 6) is 3.89. The molecule has 4 bridgehead atoms. The van der Waals surface area contributed by atoms with E-state index in [4.69, 9.17) is 9.47 Å². The first kappa shape index (κ1) is 23.3. The minimum absolute atomic E-state index is 0.0360. The van der Waals surface area contributed by atoms with Crippen LogP contribution in [-0.2, 0) is 16.1 Å². The summed E-state index contributed by atoms with van der Waals surface area (Å²) in [4.78, 5) is 32.4. The zero-order valence-electron chi connectivity index (χ0n) is 21.2. The van der Waals surface area contributed by atoms with Crippen molar-refractivity contribution in [1.82, 2.24) is 10.3 Å². The Labute approximate surface area is 212 Å². The van der Waals surface area contributed by atoms with Crippen LogP contribution >= 0.6 is 0 Å². The number of pyridine rings is 1. The molecule has 4 aliphatic carbocycles. The number of methoxy groups -OCH3 is 1. The van der Waals surface area contributed by atoms with Gasteiger partial charge in [0.1, 0.15) is 5.69 Å². The summed E-state index contributed by atoms with van der Waals surface area (Å²) in [7, 11) is 1.59. The maximum atomic E-state index is 13.4. The molecule has 1 aromatic heterocycles. The Morgan fingerprint density at radius 1 is 1.11 bits per heavy atom. The summed E-state index contributed by atoms with van der Waals surface area (Å²) >= 11 is 0. The average molecular weight is 490 g/mol. The number of ether oxygens (including phenoxy) is 2. The van der Waals surface area contributed by atoms with Gasteiger partial charge in [0.15, 0.2) is 11.5 Å². The lowest BCUT2D eigenvalue weighted by molar-refractivity contribution is -0.128. The smallest absolute Gasteiger partial charge is 0.243 e. The van der Waals surface area contributed by atoms with Crippen molar-refractivity contribution < 1.29 is 19.1 Å². The van der Waals surface area contributed by atoms with E-state index in [0.717, 1.165) is 23.3 Å². The number of anilines is 1. The van der Waals surface area contributed by atoms with Gasteiger partial charge in [-0.3, -0.25) is 9.59 Å².